The zero-order chi connectivity index (χ0) is 44.3. The average Bonchev–Trinajstić information content (AvgIpc) is 3.58. The second-order valence-electron chi connectivity index (χ2n) is 19.7. The van der Waals surface area contributed by atoms with E-state index in [4.69, 9.17) is 19.9 Å². The van der Waals surface area contributed by atoms with E-state index < -0.39 is 0 Å². The Morgan fingerprint density at radius 3 is 1.88 bits per heavy atom. The number of pyridine rings is 1. The molecule has 1 saturated carbocycles. The molecule has 4 nitrogen and oxygen atoms in total. The first kappa shape index (κ1) is 43.5. The van der Waals surface area contributed by atoms with Crippen molar-refractivity contribution in [2.24, 2.45) is 0 Å². The number of benzene rings is 7. The van der Waals surface area contributed by atoms with Crippen LogP contribution in [0, 0.1) is 6.07 Å². The number of aromatic nitrogens is 4. The molecule has 2 unspecified atom stereocenters. The Morgan fingerprint density at radius 2 is 1.12 bits per heavy atom. The normalized spacial score (nSPS) is 16.3. The number of rotatable bonds is 7. The zero-order valence-electron chi connectivity index (χ0n) is 38.3. The van der Waals surface area contributed by atoms with Gasteiger partial charge in [0.2, 0.25) is 0 Å². The van der Waals surface area contributed by atoms with Gasteiger partial charge in [0.1, 0.15) is 5.82 Å². The van der Waals surface area contributed by atoms with Gasteiger partial charge >= 0.3 is 0 Å². The maximum absolute atomic E-state index is 5.12. The topological polar surface area (TPSA) is 51.6 Å². The summed E-state index contributed by atoms with van der Waals surface area (Å²) < 4.78 is 0. The molecule has 5 heteroatoms. The summed E-state index contributed by atoms with van der Waals surface area (Å²) in [7, 11) is 0. The first-order chi connectivity index (χ1) is 31.6. The Labute approximate surface area is 403 Å². The van der Waals surface area contributed by atoms with Gasteiger partial charge in [-0.2, -0.15) is 0 Å². The van der Waals surface area contributed by atoms with Crippen LogP contribution in [-0.2, 0) is 30.9 Å². The SMILES string of the molecule is CC(C)(C)c1nc(-c2ccc(-c3[c-]cc4c(c3)C(C)(C)c3cc(-c5ccc6ccccc6c5)ccc3-4)nc2)nc(-c2cccc(-c3cccc(C4CCCCC4c4ccccc4)c3)c2)n1.[Ir]. The summed E-state index contributed by atoms with van der Waals surface area (Å²) >= 11 is 0. The Hall–Kier alpha value is -6.39. The molecule has 1 radical (unpaired) electrons. The van der Waals surface area contributed by atoms with Gasteiger partial charge in [-0.3, -0.25) is 0 Å². The van der Waals surface area contributed by atoms with Crippen LogP contribution in [0.5, 0.6) is 0 Å². The van der Waals surface area contributed by atoms with E-state index in [1.165, 1.54) is 86.5 Å². The molecule has 0 spiro atoms. The molecule has 2 atom stereocenters. The van der Waals surface area contributed by atoms with Gasteiger partial charge in [0.25, 0.3) is 0 Å². The molecule has 2 aliphatic carbocycles. The molecule has 0 N–H and O–H groups in total. The molecule has 11 rings (SSSR count). The van der Waals surface area contributed by atoms with Gasteiger partial charge in [-0.25, -0.2) is 15.0 Å². The largest absolute Gasteiger partial charge is 0.304 e. The second-order valence-corrected chi connectivity index (χ2v) is 19.7. The summed E-state index contributed by atoms with van der Waals surface area (Å²) in [5, 5.41) is 2.51. The van der Waals surface area contributed by atoms with Crippen LogP contribution in [0.25, 0.3) is 78.2 Å². The Kier molecular flexibility index (Phi) is 11.5. The standard InChI is InChI=1S/C61H53N4.Ir/c1-60(2,3)59-64-57(48-22-14-20-43(35-48)42-19-13-21-46(34-42)51-24-12-11-23-50(51)40-16-7-6-8-17-40)63-58(65-59)49-29-32-56(62-38-49)47-28-31-53-52-30-27-45(36-54(52)61(4,5)55(53)37-47)44-26-25-39-15-9-10-18-41(39)33-44;/h6-10,13-22,25-27,29-38,50-51H,11-12,23-24H2,1-5H3;/q-1;. The van der Waals surface area contributed by atoms with Crippen molar-refractivity contribution in [3.05, 3.63) is 204 Å². The first-order valence-corrected chi connectivity index (χ1v) is 23.3. The summed E-state index contributed by atoms with van der Waals surface area (Å²) in [4.78, 5) is 20.3. The third-order valence-electron chi connectivity index (χ3n) is 14.1. The van der Waals surface area contributed by atoms with Crippen LogP contribution in [0.4, 0.5) is 0 Å². The summed E-state index contributed by atoms with van der Waals surface area (Å²) in [5.74, 6) is 3.08. The number of fused-ring (bicyclic) bond motifs is 4. The van der Waals surface area contributed by atoms with Crippen molar-refractivity contribution < 1.29 is 20.1 Å². The fourth-order valence-corrected chi connectivity index (χ4v) is 10.4. The predicted octanol–water partition coefficient (Wildman–Crippen LogP) is 15.6. The smallest absolute Gasteiger partial charge is 0.165 e. The molecule has 9 aromatic rings. The minimum absolute atomic E-state index is 0. The molecule has 0 saturated heterocycles. The van der Waals surface area contributed by atoms with Gasteiger partial charge in [-0.05, 0) is 97.6 Å². The van der Waals surface area contributed by atoms with Crippen molar-refractivity contribution in [2.75, 3.05) is 0 Å². The van der Waals surface area contributed by atoms with Crippen molar-refractivity contribution in [1.29, 1.82) is 0 Å². The van der Waals surface area contributed by atoms with Crippen molar-refractivity contribution in [3.63, 3.8) is 0 Å². The quantitative estimate of drug-likeness (QED) is 0.149. The van der Waals surface area contributed by atoms with Crippen LogP contribution < -0.4 is 0 Å². The Bertz CT molecular complexity index is 3240. The van der Waals surface area contributed by atoms with E-state index in [9.17, 15) is 0 Å². The zero-order valence-corrected chi connectivity index (χ0v) is 40.7. The molecule has 66 heavy (non-hydrogen) atoms. The van der Waals surface area contributed by atoms with Gasteiger partial charge in [0.15, 0.2) is 11.6 Å². The van der Waals surface area contributed by atoms with E-state index in [2.05, 4.69) is 204 Å². The van der Waals surface area contributed by atoms with Crippen LogP contribution >= 0.6 is 0 Å². The molecular weight excluding hydrogens is 981 g/mol. The molecule has 2 aliphatic rings. The van der Waals surface area contributed by atoms with Crippen LogP contribution in [-0.4, -0.2) is 19.9 Å². The molecule has 1 fully saturated rings. The summed E-state index contributed by atoms with van der Waals surface area (Å²) in [5.41, 5.74) is 16.0. The third kappa shape index (κ3) is 8.14. The number of hydrogen-bond donors (Lipinski definition) is 0. The minimum Gasteiger partial charge on any atom is -0.304 e. The van der Waals surface area contributed by atoms with Crippen molar-refractivity contribution >= 4 is 10.8 Å². The van der Waals surface area contributed by atoms with Gasteiger partial charge in [0.05, 0.1) is 0 Å². The van der Waals surface area contributed by atoms with Crippen LogP contribution in [0.2, 0.25) is 0 Å². The Morgan fingerprint density at radius 1 is 0.515 bits per heavy atom. The van der Waals surface area contributed by atoms with Crippen LogP contribution in [0.15, 0.2) is 170 Å². The predicted molar refractivity (Wildman–Crippen MR) is 268 cm³/mol. The third-order valence-corrected chi connectivity index (χ3v) is 14.1. The molecular formula is C61H53IrN4-. The van der Waals surface area contributed by atoms with E-state index in [1.54, 1.807) is 0 Å². The minimum atomic E-state index is -0.291. The van der Waals surface area contributed by atoms with Gasteiger partial charge < -0.3 is 4.98 Å². The summed E-state index contributed by atoms with van der Waals surface area (Å²) in [6.07, 6.45) is 6.92. The molecule has 2 aromatic heterocycles. The number of nitrogens with zero attached hydrogens (tertiary/aromatic N) is 4. The first-order valence-electron chi connectivity index (χ1n) is 23.3. The van der Waals surface area contributed by atoms with E-state index in [1.807, 2.05) is 6.20 Å². The summed E-state index contributed by atoms with van der Waals surface area (Å²) in [6.45, 7) is 11.1. The van der Waals surface area contributed by atoms with E-state index in [-0.39, 0.29) is 30.9 Å². The van der Waals surface area contributed by atoms with Crippen LogP contribution in [0.1, 0.15) is 100 Å². The molecule has 0 bridgehead atoms. The van der Waals surface area contributed by atoms with E-state index in [0.29, 0.717) is 23.5 Å². The van der Waals surface area contributed by atoms with E-state index in [0.717, 1.165) is 33.8 Å². The van der Waals surface area contributed by atoms with Crippen molar-refractivity contribution in [2.45, 2.75) is 83.0 Å². The summed E-state index contributed by atoms with van der Waals surface area (Å²) in [6, 6.07) is 63.4. The molecule has 7 aromatic carbocycles. The fourth-order valence-electron chi connectivity index (χ4n) is 10.4. The maximum Gasteiger partial charge on any atom is 0.165 e. The van der Waals surface area contributed by atoms with Gasteiger partial charge in [-0.15, -0.1) is 29.3 Å². The van der Waals surface area contributed by atoms with Crippen LogP contribution in [0.3, 0.4) is 0 Å². The average molecular weight is 1030 g/mol. The monoisotopic (exact) mass is 1030 g/mol. The Balaban J connectivity index is 0.00000511. The van der Waals surface area contributed by atoms with Gasteiger partial charge in [-0.1, -0.05) is 198 Å². The molecule has 0 aliphatic heterocycles. The maximum atomic E-state index is 5.12. The molecule has 327 valence electrons. The second kappa shape index (κ2) is 17.4. The molecule has 0 amide bonds. The van der Waals surface area contributed by atoms with E-state index >= 15 is 0 Å². The number of hydrogen-bond acceptors (Lipinski definition) is 4. The molecule has 2 heterocycles. The van der Waals surface area contributed by atoms with Crippen molar-refractivity contribution in [3.8, 4) is 67.4 Å². The van der Waals surface area contributed by atoms with Gasteiger partial charge in [0, 0.05) is 42.8 Å². The fraction of sp³-hybridized carbons (Fsp3) is 0.213. The van der Waals surface area contributed by atoms with Crippen molar-refractivity contribution in [1.82, 2.24) is 19.9 Å².